The van der Waals surface area contributed by atoms with Crippen LogP contribution in [0.25, 0.3) is 0 Å². The van der Waals surface area contributed by atoms with Gasteiger partial charge in [0.25, 0.3) is 11.8 Å². The van der Waals surface area contributed by atoms with E-state index in [0.29, 0.717) is 31.3 Å². The third kappa shape index (κ3) is 3.32. The molecule has 1 saturated heterocycles. The number of alkyl halides is 2. The summed E-state index contributed by atoms with van der Waals surface area (Å²) in [5.74, 6) is -2.28. The highest BCUT2D eigenvalue weighted by atomic mass is 19.3. The van der Waals surface area contributed by atoms with Crippen molar-refractivity contribution in [2.75, 3.05) is 26.3 Å². The number of rotatable bonds is 3. The van der Waals surface area contributed by atoms with E-state index in [0.717, 1.165) is 0 Å². The van der Waals surface area contributed by atoms with Crippen molar-refractivity contribution in [3.8, 4) is 0 Å². The van der Waals surface area contributed by atoms with Gasteiger partial charge in [0.1, 0.15) is 17.7 Å². The maximum absolute atomic E-state index is 13.5. The van der Waals surface area contributed by atoms with Crippen LogP contribution in [0.1, 0.15) is 6.42 Å². The molecule has 0 aromatic carbocycles. The molecule has 0 radical (unpaired) electrons. The summed E-state index contributed by atoms with van der Waals surface area (Å²) in [4.78, 5) is 14.2. The molecule has 0 bridgehead atoms. The van der Waals surface area contributed by atoms with Crippen LogP contribution >= 0.6 is 0 Å². The first kappa shape index (κ1) is 16.3. The van der Waals surface area contributed by atoms with Crippen LogP contribution in [0.5, 0.6) is 0 Å². The Bertz CT molecular complexity index is 648. The van der Waals surface area contributed by atoms with Crippen LogP contribution in [0.3, 0.4) is 0 Å². The number of likely N-dealkylation sites (tertiary alicyclic amines) is 1. The average molecular weight is 353 g/mol. The molecule has 0 aromatic rings. The maximum Gasteiger partial charge on any atom is 0.276 e. The molecule has 4 aliphatic heterocycles. The second-order valence-electron chi connectivity index (χ2n) is 6.43. The van der Waals surface area contributed by atoms with Crippen molar-refractivity contribution in [3.63, 3.8) is 0 Å². The molecule has 4 heterocycles. The molecular formula is C15H21F2N7O. The van der Waals surface area contributed by atoms with Crippen LogP contribution in [0.2, 0.25) is 0 Å². The van der Waals surface area contributed by atoms with E-state index < -0.39 is 5.92 Å². The van der Waals surface area contributed by atoms with Gasteiger partial charge in [-0.05, 0) is 12.2 Å². The van der Waals surface area contributed by atoms with E-state index >= 15 is 0 Å². The second-order valence-corrected chi connectivity index (χ2v) is 6.43. The Morgan fingerprint density at radius 1 is 1.32 bits per heavy atom. The molecule has 0 aromatic heterocycles. The summed E-state index contributed by atoms with van der Waals surface area (Å²) >= 11 is 0. The lowest BCUT2D eigenvalue weighted by Gasteiger charge is -2.38. The van der Waals surface area contributed by atoms with Crippen molar-refractivity contribution in [1.82, 2.24) is 36.6 Å². The first-order valence-electron chi connectivity index (χ1n) is 8.30. The number of nitrogens with one attached hydrogen (secondary N) is 5. The Kier molecular flexibility index (Phi) is 4.10. The summed E-state index contributed by atoms with van der Waals surface area (Å²) in [5.41, 5.74) is 3.57. The van der Waals surface area contributed by atoms with Crippen LogP contribution in [-0.4, -0.2) is 60.4 Å². The molecule has 0 aliphatic carbocycles. The summed E-state index contributed by atoms with van der Waals surface area (Å²) in [7, 11) is 0. The first-order chi connectivity index (χ1) is 12.0. The summed E-state index contributed by atoms with van der Waals surface area (Å²) in [6.07, 6.45) is 6.47. The number of hydrazine groups is 1. The Morgan fingerprint density at radius 2 is 2.16 bits per heavy atom. The average Bonchev–Trinajstić information content (AvgIpc) is 3.18. The molecule has 8 nitrogen and oxygen atoms in total. The number of halogens is 2. The van der Waals surface area contributed by atoms with Crippen molar-refractivity contribution in [3.05, 3.63) is 35.9 Å². The van der Waals surface area contributed by atoms with Crippen LogP contribution in [0, 0.1) is 0 Å². The number of nitrogens with zero attached hydrogens (tertiary/aromatic N) is 2. The molecule has 0 spiro atoms. The van der Waals surface area contributed by atoms with Gasteiger partial charge in [-0.1, -0.05) is 6.08 Å². The standard InChI is InChI=1S/C15H21F2N7O/c16-15(17)4-6-23(8-15)13-2-1-12-19-7-10(24(12)22-13)14(25)21-11-3-5-18-9-20-11/h1-3,7,12-13,18-20,22H,4-6,8-9H2,(H,21,25). The topological polar surface area (TPSA) is 83.7 Å². The number of hydrogen-bond acceptors (Lipinski definition) is 7. The van der Waals surface area contributed by atoms with E-state index in [1.54, 1.807) is 16.1 Å². The fourth-order valence-corrected chi connectivity index (χ4v) is 3.28. The number of fused-ring (bicyclic) bond motifs is 1. The molecule has 10 heteroatoms. The minimum Gasteiger partial charge on any atom is -0.365 e. The van der Waals surface area contributed by atoms with E-state index in [1.807, 2.05) is 18.2 Å². The largest absolute Gasteiger partial charge is 0.365 e. The fourth-order valence-electron chi connectivity index (χ4n) is 3.28. The molecule has 2 unspecified atom stereocenters. The number of carbonyl (C=O) groups excluding carboxylic acids is 1. The van der Waals surface area contributed by atoms with E-state index in [9.17, 15) is 13.6 Å². The van der Waals surface area contributed by atoms with Crippen molar-refractivity contribution in [2.24, 2.45) is 0 Å². The van der Waals surface area contributed by atoms with E-state index in [1.165, 1.54) is 0 Å². The second kappa shape index (κ2) is 6.28. The molecule has 1 fully saturated rings. The van der Waals surface area contributed by atoms with Gasteiger partial charge >= 0.3 is 0 Å². The predicted octanol–water partition coefficient (Wildman–Crippen LogP) is -1.09. The van der Waals surface area contributed by atoms with Crippen molar-refractivity contribution in [1.29, 1.82) is 0 Å². The van der Waals surface area contributed by atoms with Crippen molar-refractivity contribution < 1.29 is 13.6 Å². The third-order valence-corrected chi connectivity index (χ3v) is 4.60. The molecule has 2 atom stereocenters. The summed E-state index contributed by atoms with van der Waals surface area (Å²) in [5, 5.41) is 13.7. The number of hydrogen-bond donors (Lipinski definition) is 5. The molecule has 4 rings (SSSR count). The van der Waals surface area contributed by atoms with Gasteiger partial charge in [0.05, 0.1) is 19.4 Å². The molecule has 0 saturated carbocycles. The quantitative estimate of drug-likeness (QED) is 0.413. The Balaban J connectivity index is 1.42. The van der Waals surface area contributed by atoms with Gasteiger partial charge in [-0.3, -0.25) is 20.0 Å². The summed E-state index contributed by atoms with van der Waals surface area (Å²) < 4.78 is 26.9. The number of carbonyl (C=O) groups is 1. The van der Waals surface area contributed by atoms with Gasteiger partial charge in [0.2, 0.25) is 0 Å². The van der Waals surface area contributed by atoms with Crippen LogP contribution < -0.4 is 26.7 Å². The van der Waals surface area contributed by atoms with E-state index in [2.05, 4.69) is 26.7 Å². The van der Waals surface area contributed by atoms with Crippen LogP contribution in [0.4, 0.5) is 8.78 Å². The van der Waals surface area contributed by atoms with Crippen LogP contribution in [-0.2, 0) is 4.79 Å². The normalized spacial score (nSPS) is 30.9. The highest BCUT2D eigenvalue weighted by Gasteiger charge is 2.42. The predicted molar refractivity (Wildman–Crippen MR) is 86.3 cm³/mol. The number of amides is 1. The summed E-state index contributed by atoms with van der Waals surface area (Å²) in [6.45, 7) is 1.30. The molecule has 1 amide bonds. The Hall–Kier alpha value is -2.17. The zero-order valence-corrected chi connectivity index (χ0v) is 13.6. The highest BCUT2D eigenvalue weighted by molar-refractivity contribution is 5.94. The lowest BCUT2D eigenvalue weighted by Crippen LogP contribution is -2.58. The lowest BCUT2D eigenvalue weighted by atomic mass is 10.2. The minimum absolute atomic E-state index is 0.141. The Labute approximate surface area is 143 Å². The lowest BCUT2D eigenvalue weighted by molar-refractivity contribution is -0.119. The molecule has 4 aliphatic rings. The molecule has 5 N–H and O–H groups in total. The molecule has 25 heavy (non-hydrogen) atoms. The van der Waals surface area contributed by atoms with Gasteiger partial charge in [0, 0.05) is 25.7 Å². The van der Waals surface area contributed by atoms with Gasteiger partial charge in [0.15, 0.2) is 0 Å². The zero-order chi connectivity index (χ0) is 17.4. The third-order valence-electron chi connectivity index (χ3n) is 4.60. The van der Waals surface area contributed by atoms with Gasteiger partial charge < -0.3 is 16.0 Å². The van der Waals surface area contributed by atoms with Crippen molar-refractivity contribution >= 4 is 5.91 Å². The van der Waals surface area contributed by atoms with Gasteiger partial charge in [-0.15, -0.1) is 0 Å². The van der Waals surface area contributed by atoms with Crippen LogP contribution in [0.15, 0.2) is 35.9 Å². The minimum atomic E-state index is -2.65. The highest BCUT2D eigenvalue weighted by Crippen LogP contribution is 2.29. The Morgan fingerprint density at radius 3 is 2.88 bits per heavy atom. The maximum atomic E-state index is 13.5. The van der Waals surface area contributed by atoms with Gasteiger partial charge in [-0.25, -0.2) is 14.2 Å². The molecular weight excluding hydrogens is 332 g/mol. The van der Waals surface area contributed by atoms with Gasteiger partial charge in [-0.2, -0.15) is 0 Å². The smallest absolute Gasteiger partial charge is 0.276 e. The SMILES string of the molecule is O=C(NC1=CCNCN1)C1=CNC2C=CC(N3CCC(F)(F)C3)NN12. The fraction of sp³-hybridized carbons (Fsp3) is 0.533. The zero-order valence-electron chi connectivity index (χ0n) is 13.6. The molecule has 136 valence electrons. The first-order valence-corrected chi connectivity index (χ1v) is 8.30. The monoisotopic (exact) mass is 353 g/mol. The van der Waals surface area contributed by atoms with Crippen molar-refractivity contribution in [2.45, 2.75) is 24.7 Å². The van der Waals surface area contributed by atoms with E-state index in [4.69, 9.17) is 0 Å². The van der Waals surface area contributed by atoms with E-state index in [-0.39, 0.29) is 31.2 Å². The summed E-state index contributed by atoms with van der Waals surface area (Å²) in [6, 6.07) is 0.